The zero-order chi connectivity index (χ0) is 22.6. The van der Waals surface area contributed by atoms with E-state index in [-0.39, 0.29) is 17.2 Å². The molecule has 5 amide bonds. The number of amides is 5. The Morgan fingerprint density at radius 3 is 2.68 bits per heavy atom. The maximum atomic E-state index is 12.8. The lowest BCUT2D eigenvalue weighted by molar-refractivity contribution is -0.151. The Bertz CT molecular complexity index is 916. The van der Waals surface area contributed by atoms with Gasteiger partial charge in [0.1, 0.15) is 17.8 Å². The van der Waals surface area contributed by atoms with E-state index in [2.05, 4.69) is 10.6 Å². The number of nitrogens with one attached hydrogen (secondary N) is 2. The van der Waals surface area contributed by atoms with E-state index >= 15 is 0 Å². The molecule has 2 atom stereocenters. The first-order chi connectivity index (χ1) is 14.8. The van der Waals surface area contributed by atoms with E-state index in [1.165, 1.54) is 13.2 Å². The fraction of sp³-hybridized carbons (Fsp3) is 0.476. The average Bonchev–Trinajstić information content (AvgIpc) is 2.99. The van der Waals surface area contributed by atoms with Crippen molar-refractivity contribution in [2.45, 2.75) is 38.1 Å². The summed E-state index contributed by atoms with van der Waals surface area (Å²) in [4.78, 5) is 62.2. The lowest BCUT2D eigenvalue weighted by atomic mass is 9.73. The van der Waals surface area contributed by atoms with E-state index in [1.807, 2.05) is 6.92 Å². The predicted octanol–water partition coefficient (Wildman–Crippen LogP) is 0.995. The fourth-order valence-electron chi connectivity index (χ4n) is 4.02. The van der Waals surface area contributed by atoms with Gasteiger partial charge in [-0.05, 0) is 30.9 Å². The van der Waals surface area contributed by atoms with Crippen LogP contribution >= 0.6 is 0 Å². The molecular weight excluding hydrogens is 406 g/mol. The number of hydrogen-bond acceptors (Lipinski definition) is 7. The van der Waals surface area contributed by atoms with Crippen LogP contribution < -0.4 is 15.4 Å². The van der Waals surface area contributed by atoms with E-state index in [1.54, 1.807) is 18.2 Å². The summed E-state index contributed by atoms with van der Waals surface area (Å²) in [5.41, 5.74) is -0.829. The summed E-state index contributed by atoms with van der Waals surface area (Å²) in [6, 6.07) is 5.68. The molecular formula is C21H25N3O7. The third kappa shape index (κ3) is 4.52. The van der Waals surface area contributed by atoms with E-state index in [0.717, 1.165) is 24.2 Å². The van der Waals surface area contributed by atoms with Gasteiger partial charge in [-0.3, -0.25) is 29.4 Å². The summed E-state index contributed by atoms with van der Waals surface area (Å²) in [6.07, 6.45) is 3.13. The highest BCUT2D eigenvalue weighted by Gasteiger charge is 2.55. The molecule has 166 valence electrons. The Labute approximate surface area is 179 Å². The van der Waals surface area contributed by atoms with Gasteiger partial charge in [0.2, 0.25) is 0 Å². The smallest absolute Gasteiger partial charge is 0.326 e. The molecule has 1 heterocycles. The minimum atomic E-state index is -0.978. The van der Waals surface area contributed by atoms with E-state index < -0.39 is 48.4 Å². The number of hydrogen-bond donors (Lipinski definition) is 2. The molecule has 1 aliphatic carbocycles. The van der Waals surface area contributed by atoms with Crippen molar-refractivity contribution in [2.24, 2.45) is 5.92 Å². The van der Waals surface area contributed by atoms with Crippen LogP contribution in [0.15, 0.2) is 24.3 Å². The lowest BCUT2D eigenvalue weighted by Crippen LogP contribution is -2.54. The number of carbonyl (C=O) groups excluding carboxylic acids is 5. The Hall–Kier alpha value is -3.43. The molecule has 2 aliphatic rings. The molecule has 1 aromatic rings. The van der Waals surface area contributed by atoms with E-state index in [9.17, 15) is 24.0 Å². The van der Waals surface area contributed by atoms with Gasteiger partial charge in [0.15, 0.2) is 6.61 Å². The quantitative estimate of drug-likeness (QED) is 0.507. The highest BCUT2D eigenvalue weighted by atomic mass is 16.5. The predicted molar refractivity (Wildman–Crippen MR) is 107 cm³/mol. The van der Waals surface area contributed by atoms with E-state index in [4.69, 9.17) is 9.47 Å². The van der Waals surface area contributed by atoms with Crippen LogP contribution in [0.1, 0.15) is 43.0 Å². The second kappa shape index (κ2) is 9.15. The highest BCUT2D eigenvalue weighted by Crippen LogP contribution is 2.38. The largest absolute Gasteiger partial charge is 0.496 e. The molecule has 0 bridgehead atoms. The molecule has 2 N–H and O–H groups in total. The average molecular weight is 431 g/mol. The number of benzene rings is 1. The molecule has 0 radical (unpaired) electrons. The number of rotatable bonds is 6. The topological polar surface area (TPSA) is 131 Å². The van der Waals surface area contributed by atoms with Gasteiger partial charge in [0, 0.05) is 0 Å². The van der Waals surface area contributed by atoms with Crippen molar-refractivity contribution in [2.75, 3.05) is 20.3 Å². The molecule has 10 nitrogen and oxygen atoms in total. The first-order valence-corrected chi connectivity index (χ1v) is 10.1. The molecule has 1 saturated heterocycles. The Kier molecular flexibility index (Phi) is 6.57. The van der Waals surface area contributed by atoms with Gasteiger partial charge in [0.05, 0.1) is 12.7 Å². The number of para-hydroxylation sites is 1. The molecule has 1 spiro atoms. The molecule has 31 heavy (non-hydrogen) atoms. The molecule has 1 aliphatic heterocycles. The van der Waals surface area contributed by atoms with Crippen LogP contribution in [0.4, 0.5) is 4.79 Å². The number of ether oxygens (including phenoxy) is 2. The van der Waals surface area contributed by atoms with Gasteiger partial charge < -0.3 is 14.8 Å². The van der Waals surface area contributed by atoms with Crippen LogP contribution in [-0.2, 0) is 19.1 Å². The molecule has 3 rings (SSSR count). The van der Waals surface area contributed by atoms with Crippen LogP contribution in [0.3, 0.4) is 0 Å². The number of esters is 1. The van der Waals surface area contributed by atoms with Crippen LogP contribution in [0.5, 0.6) is 5.75 Å². The van der Waals surface area contributed by atoms with Crippen LogP contribution in [-0.4, -0.2) is 60.4 Å². The minimum Gasteiger partial charge on any atom is -0.496 e. The highest BCUT2D eigenvalue weighted by molar-refractivity contribution is 6.09. The molecule has 1 saturated carbocycles. The van der Waals surface area contributed by atoms with Crippen molar-refractivity contribution in [3.05, 3.63) is 29.8 Å². The Morgan fingerprint density at radius 1 is 1.23 bits per heavy atom. The van der Waals surface area contributed by atoms with E-state index in [0.29, 0.717) is 6.42 Å². The molecule has 1 aromatic carbocycles. The van der Waals surface area contributed by atoms with Gasteiger partial charge in [-0.2, -0.15) is 0 Å². The molecule has 10 heteroatoms. The van der Waals surface area contributed by atoms with Crippen molar-refractivity contribution < 1.29 is 33.4 Å². The maximum Gasteiger partial charge on any atom is 0.326 e. The van der Waals surface area contributed by atoms with Gasteiger partial charge in [-0.1, -0.05) is 31.9 Å². The minimum absolute atomic E-state index is 0.0366. The molecule has 0 unspecified atom stereocenters. The maximum absolute atomic E-state index is 12.8. The van der Waals surface area contributed by atoms with Gasteiger partial charge in [-0.25, -0.2) is 4.79 Å². The van der Waals surface area contributed by atoms with Gasteiger partial charge in [-0.15, -0.1) is 0 Å². The number of urea groups is 1. The Balaban J connectivity index is 1.52. The third-order valence-corrected chi connectivity index (χ3v) is 5.76. The van der Waals surface area contributed by atoms with Gasteiger partial charge >= 0.3 is 12.0 Å². The zero-order valence-electron chi connectivity index (χ0n) is 17.4. The second-order valence-electron chi connectivity index (χ2n) is 7.68. The van der Waals surface area contributed by atoms with Crippen molar-refractivity contribution in [3.8, 4) is 5.75 Å². The number of methoxy groups -OCH3 is 1. The SMILES string of the molecule is COc1ccccc1C(=O)NC(=O)COC(=O)CN1C(=O)N[C@]2(CCCC[C@@H]2C)C1=O. The van der Waals surface area contributed by atoms with Crippen molar-refractivity contribution in [1.82, 2.24) is 15.5 Å². The summed E-state index contributed by atoms with van der Waals surface area (Å²) < 4.78 is 9.91. The number of carbonyl (C=O) groups is 5. The zero-order valence-corrected chi connectivity index (χ0v) is 17.4. The second-order valence-corrected chi connectivity index (χ2v) is 7.68. The van der Waals surface area contributed by atoms with Crippen molar-refractivity contribution >= 4 is 29.7 Å². The fourth-order valence-corrected chi connectivity index (χ4v) is 4.02. The van der Waals surface area contributed by atoms with Gasteiger partial charge in [0.25, 0.3) is 17.7 Å². The Morgan fingerprint density at radius 2 is 1.97 bits per heavy atom. The van der Waals surface area contributed by atoms with Crippen LogP contribution in [0.25, 0.3) is 0 Å². The normalized spacial score (nSPS) is 22.8. The standard InChI is InChI=1S/C21H25N3O7/c1-13-7-5-6-10-21(13)19(28)24(20(29)23-21)11-17(26)31-12-16(25)22-18(27)14-8-3-4-9-15(14)30-2/h3-4,8-9,13H,5-7,10-12H2,1-2H3,(H,23,29)(H,22,25,27)/t13-,21-/m0/s1. The molecule has 2 fully saturated rings. The van der Waals surface area contributed by atoms with Crippen LogP contribution in [0, 0.1) is 5.92 Å². The summed E-state index contributed by atoms with van der Waals surface area (Å²) in [6.45, 7) is 0.569. The summed E-state index contributed by atoms with van der Waals surface area (Å²) in [5, 5.41) is 4.83. The monoisotopic (exact) mass is 431 g/mol. The van der Waals surface area contributed by atoms with Crippen molar-refractivity contribution in [3.63, 3.8) is 0 Å². The first-order valence-electron chi connectivity index (χ1n) is 10.1. The first kappa shape index (κ1) is 22.3. The van der Waals surface area contributed by atoms with Crippen molar-refractivity contribution in [1.29, 1.82) is 0 Å². The molecule has 0 aromatic heterocycles. The third-order valence-electron chi connectivity index (χ3n) is 5.76. The summed E-state index contributed by atoms with van der Waals surface area (Å²) in [5.74, 6) is -2.68. The summed E-state index contributed by atoms with van der Waals surface area (Å²) in [7, 11) is 1.39. The summed E-state index contributed by atoms with van der Waals surface area (Å²) >= 11 is 0. The number of nitrogens with zero attached hydrogens (tertiary/aromatic N) is 1. The lowest BCUT2D eigenvalue weighted by Gasteiger charge is -2.36. The number of imide groups is 2. The van der Waals surface area contributed by atoms with Crippen LogP contribution in [0.2, 0.25) is 0 Å².